The zero-order valence-corrected chi connectivity index (χ0v) is 18.6. The fraction of sp³-hybridized carbons (Fsp3) is 0.400. The van der Waals surface area contributed by atoms with Crippen LogP contribution in [0.1, 0.15) is 24.8 Å². The number of hydrogen-bond donors (Lipinski definition) is 1. The van der Waals surface area contributed by atoms with Crippen molar-refractivity contribution in [3.8, 4) is 0 Å². The minimum atomic E-state index is -3.84. The van der Waals surface area contributed by atoms with Crippen molar-refractivity contribution in [3.05, 3.63) is 59.1 Å². The molecule has 162 valence electrons. The molecule has 1 saturated carbocycles. The summed E-state index contributed by atoms with van der Waals surface area (Å²) in [6.45, 7) is 1.27. The van der Waals surface area contributed by atoms with E-state index in [4.69, 9.17) is 16.3 Å². The van der Waals surface area contributed by atoms with Crippen LogP contribution in [0.25, 0.3) is 0 Å². The van der Waals surface area contributed by atoms with E-state index >= 15 is 0 Å². The summed E-state index contributed by atoms with van der Waals surface area (Å²) in [5.74, 6) is 0. The van der Waals surface area contributed by atoms with E-state index in [-0.39, 0.29) is 22.9 Å². The van der Waals surface area contributed by atoms with Crippen LogP contribution in [0, 0.1) is 0 Å². The molecule has 10 heteroatoms. The molecular formula is C20H23ClN2O5S2. The summed E-state index contributed by atoms with van der Waals surface area (Å²) in [6.07, 6.45) is 2.30. The van der Waals surface area contributed by atoms with Gasteiger partial charge in [0.25, 0.3) is 0 Å². The maximum Gasteiger partial charge on any atom is 0.243 e. The number of sulfonamides is 2. The van der Waals surface area contributed by atoms with Gasteiger partial charge in [0.1, 0.15) is 0 Å². The zero-order chi connectivity index (χ0) is 21.4. The van der Waals surface area contributed by atoms with E-state index in [1.165, 1.54) is 28.6 Å². The highest BCUT2D eigenvalue weighted by Gasteiger charge is 2.42. The van der Waals surface area contributed by atoms with Crippen molar-refractivity contribution in [2.45, 2.75) is 34.6 Å². The molecule has 0 atom stereocenters. The van der Waals surface area contributed by atoms with Gasteiger partial charge in [0.15, 0.2) is 0 Å². The molecule has 0 unspecified atom stereocenters. The molecule has 1 aliphatic heterocycles. The van der Waals surface area contributed by atoms with Crippen molar-refractivity contribution in [1.29, 1.82) is 0 Å². The monoisotopic (exact) mass is 470 g/mol. The summed E-state index contributed by atoms with van der Waals surface area (Å²) in [4.78, 5) is 0.100. The van der Waals surface area contributed by atoms with Crippen molar-refractivity contribution in [3.63, 3.8) is 0 Å². The standard InChI is InChI=1S/C20H23ClN2O5S2/c21-17-4-2-16(3-5-17)20(10-1-11-20)22-29(24,25)18-6-8-19(9-7-18)30(26,27)23-12-14-28-15-13-23/h2-9,22H,1,10-15H2. The third-order valence-electron chi connectivity index (χ3n) is 5.68. The molecule has 30 heavy (non-hydrogen) atoms. The van der Waals surface area contributed by atoms with Gasteiger partial charge in [0.05, 0.1) is 28.5 Å². The molecule has 0 spiro atoms. The molecule has 2 aromatic carbocycles. The third kappa shape index (κ3) is 4.15. The molecule has 1 aliphatic carbocycles. The van der Waals surface area contributed by atoms with Gasteiger partial charge in [0.2, 0.25) is 20.0 Å². The minimum absolute atomic E-state index is 0.0312. The second kappa shape index (κ2) is 8.22. The Kier molecular flexibility index (Phi) is 5.95. The Morgan fingerprint density at radius 2 is 1.43 bits per heavy atom. The second-order valence-electron chi connectivity index (χ2n) is 7.54. The molecule has 7 nitrogen and oxygen atoms in total. The van der Waals surface area contributed by atoms with Gasteiger partial charge in [-0.1, -0.05) is 23.7 Å². The Morgan fingerprint density at radius 3 is 1.97 bits per heavy atom. The molecule has 2 aliphatic rings. The van der Waals surface area contributed by atoms with Crippen molar-refractivity contribution >= 4 is 31.6 Å². The van der Waals surface area contributed by atoms with Gasteiger partial charge in [-0.25, -0.2) is 21.6 Å². The van der Waals surface area contributed by atoms with Crippen LogP contribution in [0.15, 0.2) is 58.3 Å². The highest BCUT2D eigenvalue weighted by molar-refractivity contribution is 7.89. The average molecular weight is 471 g/mol. The van der Waals surface area contributed by atoms with Crippen molar-refractivity contribution in [2.75, 3.05) is 26.3 Å². The van der Waals surface area contributed by atoms with E-state index in [0.29, 0.717) is 31.1 Å². The van der Waals surface area contributed by atoms with Crippen LogP contribution in [-0.2, 0) is 30.3 Å². The van der Waals surface area contributed by atoms with E-state index in [1.54, 1.807) is 12.1 Å². The Balaban J connectivity index is 1.56. The van der Waals surface area contributed by atoms with Crippen LogP contribution >= 0.6 is 11.6 Å². The molecule has 2 aromatic rings. The first-order valence-corrected chi connectivity index (χ1v) is 13.0. The molecule has 1 heterocycles. The first-order chi connectivity index (χ1) is 14.2. The van der Waals surface area contributed by atoms with Crippen LogP contribution < -0.4 is 4.72 Å². The summed E-state index contributed by atoms with van der Waals surface area (Å²) in [5.41, 5.74) is 0.204. The number of hydrogen-bond acceptors (Lipinski definition) is 5. The van der Waals surface area contributed by atoms with E-state index in [1.807, 2.05) is 12.1 Å². The number of nitrogens with one attached hydrogen (secondary N) is 1. The lowest BCUT2D eigenvalue weighted by atomic mass is 9.73. The number of nitrogens with zero attached hydrogens (tertiary/aromatic N) is 1. The number of halogens is 1. The fourth-order valence-corrected chi connectivity index (χ4v) is 6.77. The second-order valence-corrected chi connectivity index (χ2v) is 11.6. The van der Waals surface area contributed by atoms with Crippen LogP contribution in [-0.4, -0.2) is 47.4 Å². The minimum Gasteiger partial charge on any atom is -0.379 e. The summed E-state index contributed by atoms with van der Waals surface area (Å²) >= 11 is 5.96. The van der Waals surface area contributed by atoms with Crippen LogP contribution in [0.5, 0.6) is 0 Å². The summed E-state index contributed by atoms with van der Waals surface area (Å²) < 4.78 is 60.9. The van der Waals surface area contributed by atoms with Gasteiger partial charge in [0, 0.05) is 18.1 Å². The largest absolute Gasteiger partial charge is 0.379 e. The van der Waals surface area contributed by atoms with Crippen LogP contribution in [0.3, 0.4) is 0 Å². The van der Waals surface area contributed by atoms with Gasteiger partial charge in [-0.3, -0.25) is 0 Å². The van der Waals surface area contributed by atoms with Gasteiger partial charge in [-0.15, -0.1) is 0 Å². The smallest absolute Gasteiger partial charge is 0.243 e. The molecule has 0 amide bonds. The zero-order valence-electron chi connectivity index (χ0n) is 16.3. The highest BCUT2D eigenvalue weighted by atomic mass is 35.5. The van der Waals surface area contributed by atoms with E-state index in [9.17, 15) is 16.8 Å². The average Bonchev–Trinajstić information content (AvgIpc) is 2.72. The summed E-state index contributed by atoms with van der Waals surface area (Å²) in [6, 6.07) is 12.5. The molecule has 1 saturated heterocycles. The quantitative estimate of drug-likeness (QED) is 0.700. The lowest BCUT2D eigenvalue weighted by Crippen LogP contribution is -2.50. The predicted molar refractivity (Wildman–Crippen MR) is 113 cm³/mol. The van der Waals surface area contributed by atoms with Gasteiger partial charge in [-0.2, -0.15) is 4.31 Å². The van der Waals surface area contributed by atoms with Gasteiger partial charge < -0.3 is 4.74 Å². The number of morpholine rings is 1. The molecule has 2 fully saturated rings. The molecule has 4 rings (SSSR count). The first-order valence-electron chi connectivity index (χ1n) is 9.71. The Bertz CT molecular complexity index is 1110. The lowest BCUT2D eigenvalue weighted by molar-refractivity contribution is 0.0730. The van der Waals surface area contributed by atoms with Crippen LogP contribution in [0.4, 0.5) is 0 Å². The van der Waals surface area contributed by atoms with Gasteiger partial charge in [-0.05, 0) is 61.2 Å². The number of ether oxygens (including phenoxy) is 1. The lowest BCUT2D eigenvalue weighted by Gasteiger charge is -2.42. The van der Waals surface area contributed by atoms with Crippen LogP contribution in [0.2, 0.25) is 5.02 Å². The topological polar surface area (TPSA) is 92.8 Å². The highest BCUT2D eigenvalue weighted by Crippen LogP contribution is 2.42. The predicted octanol–water partition coefficient (Wildman–Crippen LogP) is 2.72. The Hall–Kier alpha value is -1.49. The Morgan fingerprint density at radius 1 is 0.867 bits per heavy atom. The first kappa shape index (κ1) is 21.7. The Labute approximate surface area is 182 Å². The SMILES string of the molecule is O=S(=O)(NC1(c2ccc(Cl)cc2)CCC1)c1ccc(S(=O)(=O)N2CCOCC2)cc1. The maximum atomic E-state index is 13.0. The molecule has 0 aromatic heterocycles. The van der Waals surface area contributed by atoms with Crippen molar-refractivity contribution in [1.82, 2.24) is 9.03 Å². The third-order valence-corrected chi connectivity index (χ3v) is 9.39. The molecule has 1 N–H and O–H groups in total. The van der Waals surface area contributed by atoms with Gasteiger partial charge >= 0.3 is 0 Å². The maximum absolute atomic E-state index is 13.0. The summed E-state index contributed by atoms with van der Waals surface area (Å²) in [5, 5.41) is 0.591. The molecule has 0 bridgehead atoms. The number of rotatable bonds is 6. The number of benzene rings is 2. The molecule has 0 radical (unpaired) electrons. The van der Waals surface area contributed by atoms with Crippen molar-refractivity contribution in [2.24, 2.45) is 0 Å². The summed E-state index contributed by atoms with van der Waals surface area (Å²) in [7, 11) is -7.51. The normalized spacial score (nSPS) is 19.9. The van der Waals surface area contributed by atoms with Crippen molar-refractivity contribution < 1.29 is 21.6 Å². The van der Waals surface area contributed by atoms with E-state index < -0.39 is 25.6 Å². The molecular weight excluding hydrogens is 448 g/mol. The van der Waals surface area contributed by atoms with E-state index in [2.05, 4.69) is 4.72 Å². The fourth-order valence-electron chi connectivity index (χ4n) is 3.79. The van der Waals surface area contributed by atoms with E-state index in [0.717, 1.165) is 12.0 Å².